The molecule has 2 heterocycles. The van der Waals surface area contributed by atoms with Crippen molar-refractivity contribution in [2.45, 2.75) is 45.4 Å². The minimum Gasteiger partial charge on any atom is -0.497 e. The van der Waals surface area contributed by atoms with E-state index in [1.807, 2.05) is 75.4 Å². The molecule has 2 aromatic carbocycles. The first kappa shape index (κ1) is 26.2. The van der Waals surface area contributed by atoms with Crippen molar-refractivity contribution in [3.63, 3.8) is 0 Å². The van der Waals surface area contributed by atoms with E-state index in [0.717, 1.165) is 28.1 Å². The van der Waals surface area contributed by atoms with Crippen LogP contribution in [-0.4, -0.2) is 30.4 Å². The summed E-state index contributed by atoms with van der Waals surface area (Å²) in [6.45, 7) is 6.23. The first-order chi connectivity index (χ1) is 18.9. The number of aromatic nitrogens is 1. The van der Waals surface area contributed by atoms with E-state index in [1.54, 1.807) is 19.4 Å². The number of ketones is 1. The highest BCUT2D eigenvalue weighted by molar-refractivity contribution is 6.09. The Kier molecular flexibility index (Phi) is 7.50. The number of nitrogens with zero attached hydrogens (tertiary/aromatic N) is 1. The van der Waals surface area contributed by atoms with Crippen LogP contribution in [0.4, 0.5) is 5.82 Å². The predicted molar refractivity (Wildman–Crippen MR) is 151 cm³/mol. The van der Waals surface area contributed by atoms with E-state index in [0.29, 0.717) is 47.9 Å². The van der Waals surface area contributed by atoms with Crippen LogP contribution in [0.3, 0.4) is 0 Å². The molecule has 2 unspecified atom stereocenters. The Morgan fingerprint density at radius 3 is 2.51 bits per heavy atom. The van der Waals surface area contributed by atoms with Crippen LogP contribution in [0.25, 0.3) is 0 Å². The van der Waals surface area contributed by atoms with Crippen molar-refractivity contribution in [1.82, 2.24) is 10.3 Å². The highest BCUT2D eigenvalue weighted by atomic mass is 16.5. The van der Waals surface area contributed by atoms with E-state index in [4.69, 9.17) is 9.47 Å². The molecule has 1 aliphatic carbocycles. The minimum atomic E-state index is -0.571. The third kappa shape index (κ3) is 5.30. The maximum atomic E-state index is 13.9. The zero-order valence-electron chi connectivity index (χ0n) is 22.7. The van der Waals surface area contributed by atoms with Gasteiger partial charge in [-0.05, 0) is 68.5 Å². The second kappa shape index (κ2) is 11.2. The van der Waals surface area contributed by atoms with Gasteiger partial charge in [0.05, 0.1) is 19.6 Å². The summed E-state index contributed by atoms with van der Waals surface area (Å²) in [4.78, 5) is 32.1. The van der Waals surface area contributed by atoms with Crippen LogP contribution in [0.1, 0.15) is 55.2 Å². The number of amides is 1. The molecule has 3 aromatic rings. The SMILES string of the molecule is CCOc1ccccc1C1C(C(=O)Nc2ccc(C)cn2)=C(C)NC2=C1C(=O)CC(c1ccc(OC)cc1)C2. The van der Waals surface area contributed by atoms with Gasteiger partial charge in [0, 0.05) is 40.7 Å². The van der Waals surface area contributed by atoms with Crippen molar-refractivity contribution in [3.05, 3.63) is 106 Å². The molecule has 2 N–H and O–H groups in total. The van der Waals surface area contributed by atoms with Gasteiger partial charge in [0.2, 0.25) is 0 Å². The molecule has 0 fully saturated rings. The lowest BCUT2D eigenvalue weighted by Gasteiger charge is -2.37. The molecule has 0 radical (unpaired) electrons. The van der Waals surface area contributed by atoms with Crippen LogP contribution in [0, 0.1) is 6.92 Å². The molecule has 0 saturated carbocycles. The number of anilines is 1. The molecule has 0 spiro atoms. The number of allylic oxidation sites excluding steroid dienone is 3. The van der Waals surface area contributed by atoms with Crippen molar-refractivity contribution >= 4 is 17.5 Å². The summed E-state index contributed by atoms with van der Waals surface area (Å²) >= 11 is 0. The van der Waals surface area contributed by atoms with Gasteiger partial charge in [0.25, 0.3) is 5.91 Å². The van der Waals surface area contributed by atoms with Crippen molar-refractivity contribution < 1.29 is 19.1 Å². The Morgan fingerprint density at radius 2 is 1.82 bits per heavy atom. The molecule has 0 saturated heterocycles. The van der Waals surface area contributed by atoms with Gasteiger partial charge in [0.1, 0.15) is 17.3 Å². The number of Topliss-reactive ketones (excluding diaryl/α,β-unsaturated/α-hetero) is 1. The van der Waals surface area contributed by atoms with E-state index < -0.39 is 5.92 Å². The largest absolute Gasteiger partial charge is 0.497 e. The molecule has 39 heavy (non-hydrogen) atoms. The van der Waals surface area contributed by atoms with Gasteiger partial charge < -0.3 is 20.1 Å². The van der Waals surface area contributed by atoms with E-state index in [2.05, 4.69) is 15.6 Å². The number of benzene rings is 2. The average molecular weight is 524 g/mol. The molecule has 200 valence electrons. The highest BCUT2D eigenvalue weighted by Crippen LogP contribution is 2.47. The zero-order valence-corrected chi connectivity index (χ0v) is 22.7. The Labute approximate surface area is 228 Å². The van der Waals surface area contributed by atoms with Gasteiger partial charge in [-0.3, -0.25) is 9.59 Å². The predicted octanol–water partition coefficient (Wildman–Crippen LogP) is 5.80. The number of aryl methyl sites for hydroxylation is 1. The molecule has 0 bridgehead atoms. The second-order valence-corrected chi connectivity index (χ2v) is 9.94. The number of hydrogen-bond acceptors (Lipinski definition) is 6. The van der Waals surface area contributed by atoms with Gasteiger partial charge in [0.15, 0.2) is 5.78 Å². The summed E-state index contributed by atoms with van der Waals surface area (Å²) in [5.41, 5.74) is 5.55. The van der Waals surface area contributed by atoms with Crippen molar-refractivity contribution in [1.29, 1.82) is 0 Å². The first-order valence-corrected chi connectivity index (χ1v) is 13.2. The monoisotopic (exact) mass is 523 g/mol. The van der Waals surface area contributed by atoms with E-state index >= 15 is 0 Å². The summed E-state index contributed by atoms with van der Waals surface area (Å²) < 4.78 is 11.3. The zero-order chi connectivity index (χ0) is 27.5. The normalized spacial score (nSPS) is 18.8. The molecule has 1 aliphatic heterocycles. The van der Waals surface area contributed by atoms with Crippen LogP contribution in [-0.2, 0) is 9.59 Å². The fourth-order valence-electron chi connectivity index (χ4n) is 5.49. The number of pyridine rings is 1. The van der Waals surface area contributed by atoms with Crippen LogP contribution in [0.5, 0.6) is 11.5 Å². The minimum absolute atomic E-state index is 0.0205. The highest BCUT2D eigenvalue weighted by Gasteiger charge is 2.42. The summed E-state index contributed by atoms with van der Waals surface area (Å²) in [5, 5.41) is 6.38. The average Bonchev–Trinajstić information content (AvgIpc) is 2.94. The fourth-order valence-corrected chi connectivity index (χ4v) is 5.49. The maximum Gasteiger partial charge on any atom is 0.255 e. The lowest BCUT2D eigenvalue weighted by molar-refractivity contribution is -0.116. The first-order valence-electron chi connectivity index (χ1n) is 13.2. The molecular weight excluding hydrogens is 490 g/mol. The Balaban J connectivity index is 1.57. The second-order valence-electron chi connectivity index (χ2n) is 9.94. The molecular formula is C32H33N3O4. The number of methoxy groups -OCH3 is 1. The number of ether oxygens (including phenoxy) is 2. The van der Waals surface area contributed by atoms with Gasteiger partial charge in [-0.15, -0.1) is 0 Å². The smallest absolute Gasteiger partial charge is 0.255 e. The Bertz CT molecular complexity index is 1460. The fraction of sp³-hybridized carbons (Fsp3) is 0.281. The third-order valence-electron chi connectivity index (χ3n) is 7.34. The van der Waals surface area contributed by atoms with Crippen molar-refractivity contribution in [2.24, 2.45) is 0 Å². The summed E-state index contributed by atoms with van der Waals surface area (Å²) in [5.74, 6) is 1.07. The van der Waals surface area contributed by atoms with Crippen LogP contribution >= 0.6 is 0 Å². The summed E-state index contributed by atoms with van der Waals surface area (Å²) in [7, 11) is 1.64. The quantitative estimate of drug-likeness (QED) is 0.407. The third-order valence-corrected chi connectivity index (χ3v) is 7.34. The van der Waals surface area contributed by atoms with Gasteiger partial charge in [-0.25, -0.2) is 4.98 Å². The van der Waals surface area contributed by atoms with Crippen molar-refractivity contribution in [3.8, 4) is 11.5 Å². The number of para-hydroxylation sites is 1. The number of nitrogens with one attached hydrogen (secondary N) is 2. The number of rotatable bonds is 7. The van der Waals surface area contributed by atoms with E-state index in [1.165, 1.54) is 0 Å². The Hall–Kier alpha value is -4.39. The molecule has 7 nitrogen and oxygen atoms in total. The molecule has 7 heteroatoms. The number of hydrogen-bond donors (Lipinski definition) is 2. The summed E-state index contributed by atoms with van der Waals surface area (Å²) in [6.07, 6.45) is 2.72. The van der Waals surface area contributed by atoms with E-state index in [9.17, 15) is 9.59 Å². The Morgan fingerprint density at radius 1 is 1.05 bits per heavy atom. The lowest BCUT2D eigenvalue weighted by Crippen LogP contribution is -2.37. The number of carbonyl (C=O) groups is 2. The van der Waals surface area contributed by atoms with Gasteiger partial charge in [-0.1, -0.05) is 36.4 Å². The van der Waals surface area contributed by atoms with Gasteiger partial charge >= 0.3 is 0 Å². The molecule has 2 aliphatic rings. The molecule has 5 rings (SSSR count). The van der Waals surface area contributed by atoms with Crippen molar-refractivity contribution in [2.75, 3.05) is 19.0 Å². The van der Waals surface area contributed by atoms with Crippen LogP contribution in [0.15, 0.2) is 89.4 Å². The number of dihydropyridines is 1. The molecule has 2 atom stereocenters. The van der Waals surface area contributed by atoms with Gasteiger partial charge in [-0.2, -0.15) is 0 Å². The standard InChI is InChI=1S/C32H33N3O4/c1-5-39-27-9-7-6-8-24(27)30-29(32(37)35-28-15-10-19(2)18-33-28)20(3)34-25-16-22(17-26(36)31(25)30)21-11-13-23(38-4)14-12-21/h6-15,18,22,30,34H,5,16-17H2,1-4H3,(H,33,35,37). The molecule has 1 amide bonds. The maximum absolute atomic E-state index is 13.9. The lowest BCUT2D eigenvalue weighted by atomic mass is 9.71. The van der Waals surface area contributed by atoms with E-state index in [-0.39, 0.29) is 17.6 Å². The summed E-state index contributed by atoms with van der Waals surface area (Å²) in [6, 6.07) is 19.2. The van der Waals surface area contributed by atoms with Crippen LogP contribution in [0.2, 0.25) is 0 Å². The topological polar surface area (TPSA) is 89.5 Å². The molecule has 1 aromatic heterocycles. The van der Waals surface area contributed by atoms with Crippen LogP contribution < -0.4 is 20.1 Å². The number of carbonyl (C=O) groups excluding carboxylic acids is 2.